The zero-order valence-corrected chi connectivity index (χ0v) is 11.5. The van der Waals surface area contributed by atoms with Crippen molar-refractivity contribution in [1.82, 2.24) is 16.4 Å². The first-order valence-corrected chi connectivity index (χ1v) is 5.63. The number of esters is 1. The van der Waals surface area contributed by atoms with Gasteiger partial charge in [0, 0.05) is 19.6 Å². The molecule has 0 aromatic rings. The molecule has 1 saturated heterocycles. The second-order valence-corrected chi connectivity index (χ2v) is 4.92. The molecule has 1 atom stereocenters. The van der Waals surface area contributed by atoms with Crippen LogP contribution in [-0.2, 0) is 14.3 Å². The number of ether oxygens (including phenoxy) is 2. The molecular formula is C11H23N3O4. The molecule has 0 radical (unpaired) electrons. The quantitative estimate of drug-likeness (QED) is 0.667. The van der Waals surface area contributed by atoms with E-state index in [1.54, 1.807) is 20.8 Å². The molecule has 1 fully saturated rings. The van der Waals surface area contributed by atoms with E-state index in [4.69, 9.17) is 4.74 Å². The Hall–Kier alpha value is -1.34. The second kappa shape index (κ2) is 6.55. The third-order valence-electron chi connectivity index (χ3n) is 2.34. The highest BCUT2D eigenvalue weighted by atomic mass is 16.6. The molecule has 1 aliphatic rings. The van der Waals surface area contributed by atoms with Gasteiger partial charge >= 0.3 is 12.1 Å². The van der Waals surface area contributed by atoms with Crippen LogP contribution in [0, 0.1) is 0 Å². The molecule has 4 N–H and O–H groups in total. The first-order valence-electron chi connectivity index (χ1n) is 5.63. The van der Waals surface area contributed by atoms with E-state index in [2.05, 4.69) is 10.1 Å². The van der Waals surface area contributed by atoms with Crippen LogP contribution in [0.15, 0.2) is 0 Å². The molecule has 1 unspecified atom stereocenters. The van der Waals surface area contributed by atoms with Crippen LogP contribution in [0.5, 0.6) is 0 Å². The van der Waals surface area contributed by atoms with E-state index in [1.165, 1.54) is 12.0 Å². The normalized spacial score (nSPS) is 19.8. The number of nitrogens with one attached hydrogen (secondary N) is 1. The molecule has 0 aromatic heterocycles. The Morgan fingerprint density at radius 1 is 1.33 bits per heavy atom. The number of hydrogen-bond acceptors (Lipinski definition) is 6. The number of amides is 1. The maximum Gasteiger partial charge on any atom is 0.411 e. The molecule has 0 aromatic carbocycles. The van der Waals surface area contributed by atoms with Gasteiger partial charge in [-0.2, -0.15) is 0 Å². The van der Waals surface area contributed by atoms with Crippen LogP contribution in [0.25, 0.3) is 0 Å². The predicted molar refractivity (Wildman–Crippen MR) is 66.6 cm³/mol. The molecule has 0 spiro atoms. The lowest BCUT2D eigenvalue weighted by Crippen LogP contribution is -2.58. The molecule has 106 valence electrons. The van der Waals surface area contributed by atoms with Crippen LogP contribution in [0.2, 0.25) is 0 Å². The smallest absolute Gasteiger partial charge is 0.411 e. The predicted octanol–water partition coefficient (Wildman–Crippen LogP) is 0.530. The maximum atomic E-state index is 11.9. The number of nitrogens with zero attached hydrogens (tertiary/aromatic N) is 1. The summed E-state index contributed by atoms with van der Waals surface area (Å²) in [6.45, 7) is 6.86. The van der Waals surface area contributed by atoms with Crippen molar-refractivity contribution in [2.45, 2.75) is 32.4 Å². The summed E-state index contributed by atoms with van der Waals surface area (Å²) < 4.78 is 9.93. The summed E-state index contributed by atoms with van der Waals surface area (Å²) in [4.78, 5) is 24.9. The third kappa shape index (κ3) is 4.50. The molecule has 7 nitrogen and oxygen atoms in total. The van der Waals surface area contributed by atoms with Crippen LogP contribution in [0.1, 0.15) is 20.8 Å². The van der Waals surface area contributed by atoms with E-state index in [0.717, 1.165) is 0 Å². The Labute approximate surface area is 107 Å². The Morgan fingerprint density at radius 3 is 2.44 bits per heavy atom. The summed E-state index contributed by atoms with van der Waals surface area (Å²) in [5, 5.41) is 3.05. The second-order valence-electron chi connectivity index (χ2n) is 4.92. The largest absolute Gasteiger partial charge is 0.467 e. The van der Waals surface area contributed by atoms with Gasteiger partial charge in [-0.05, 0) is 20.8 Å². The van der Waals surface area contributed by atoms with Crippen molar-refractivity contribution in [3.63, 3.8) is 0 Å². The number of hydrogen-bond donors (Lipinski definition) is 2. The fourth-order valence-corrected chi connectivity index (χ4v) is 1.59. The Kier molecular flexibility index (Phi) is 6.07. The van der Waals surface area contributed by atoms with Crippen molar-refractivity contribution >= 4 is 12.1 Å². The highest BCUT2D eigenvalue weighted by Gasteiger charge is 2.35. The van der Waals surface area contributed by atoms with E-state index in [-0.39, 0.29) is 6.15 Å². The van der Waals surface area contributed by atoms with Gasteiger partial charge in [0.2, 0.25) is 0 Å². The molecule has 0 aliphatic carbocycles. The first kappa shape index (κ1) is 16.7. The van der Waals surface area contributed by atoms with Crippen molar-refractivity contribution in [3.8, 4) is 0 Å². The molecule has 18 heavy (non-hydrogen) atoms. The van der Waals surface area contributed by atoms with Gasteiger partial charge in [0.1, 0.15) is 11.6 Å². The molecule has 1 heterocycles. The zero-order valence-electron chi connectivity index (χ0n) is 11.5. The SMILES string of the molecule is COC(=O)C1CNCCN1C(=O)OC(C)(C)C.N. The van der Waals surface area contributed by atoms with Gasteiger partial charge in [0.25, 0.3) is 0 Å². The topological polar surface area (TPSA) is 103 Å². The number of piperazine rings is 1. The van der Waals surface area contributed by atoms with E-state index >= 15 is 0 Å². The lowest BCUT2D eigenvalue weighted by atomic mass is 10.2. The number of carbonyl (C=O) groups excluding carboxylic acids is 2. The fourth-order valence-electron chi connectivity index (χ4n) is 1.59. The van der Waals surface area contributed by atoms with Crippen molar-refractivity contribution in [2.75, 3.05) is 26.7 Å². The summed E-state index contributed by atoms with van der Waals surface area (Å²) in [6.07, 6.45) is -0.477. The molecule has 1 amide bonds. The van der Waals surface area contributed by atoms with Crippen molar-refractivity contribution in [1.29, 1.82) is 0 Å². The van der Waals surface area contributed by atoms with E-state index < -0.39 is 23.7 Å². The average molecular weight is 261 g/mol. The number of carbonyl (C=O) groups is 2. The minimum absolute atomic E-state index is 0. The van der Waals surface area contributed by atoms with Crippen molar-refractivity contribution in [3.05, 3.63) is 0 Å². The minimum atomic E-state index is -0.608. The average Bonchev–Trinajstić information content (AvgIpc) is 2.25. The van der Waals surface area contributed by atoms with Crippen LogP contribution in [0.4, 0.5) is 4.79 Å². The number of methoxy groups -OCH3 is 1. The van der Waals surface area contributed by atoms with E-state index in [9.17, 15) is 9.59 Å². The Bertz CT molecular complexity index is 301. The molecular weight excluding hydrogens is 238 g/mol. The Morgan fingerprint density at radius 2 is 1.94 bits per heavy atom. The summed E-state index contributed by atoms with van der Waals surface area (Å²) in [7, 11) is 1.31. The van der Waals surface area contributed by atoms with Crippen LogP contribution in [-0.4, -0.2) is 55.3 Å². The summed E-state index contributed by atoms with van der Waals surface area (Å²) in [5.74, 6) is -0.428. The molecule has 0 saturated carbocycles. The monoisotopic (exact) mass is 261 g/mol. The molecule has 7 heteroatoms. The van der Waals surface area contributed by atoms with Gasteiger partial charge in [0.15, 0.2) is 0 Å². The fraction of sp³-hybridized carbons (Fsp3) is 0.818. The van der Waals surface area contributed by atoms with Gasteiger partial charge in [-0.15, -0.1) is 0 Å². The molecule has 1 rings (SSSR count). The maximum absolute atomic E-state index is 11.9. The van der Waals surface area contributed by atoms with Gasteiger partial charge < -0.3 is 20.9 Å². The minimum Gasteiger partial charge on any atom is -0.467 e. The molecule has 0 bridgehead atoms. The lowest BCUT2D eigenvalue weighted by molar-refractivity contribution is -0.147. The first-order chi connectivity index (χ1) is 7.85. The standard InChI is InChI=1S/C11H20N2O4.H3N/c1-11(2,3)17-10(15)13-6-5-12-7-8(13)9(14)16-4;/h8,12H,5-7H2,1-4H3;1H3. The van der Waals surface area contributed by atoms with Crippen LogP contribution in [0.3, 0.4) is 0 Å². The Balaban J connectivity index is 0.00000289. The van der Waals surface area contributed by atoms with Gasteiger partial charge in [0.05, 0.1) is 7.11 Å². The van der Waals surface area contributed by atoms with Crippen molar-refractivity contribution < 1.29 is 19.1 Å². The number of rotatable bonds is 1. The highest BCUT2D eigenvalue weighted by Crippen LogP contribution is 2.13. The van der Waals surface area contributed by atoms with Crippen LogP contribution >= 0.6 is 0 Å². The van der Waals surface area contributed by atoms with Gasteiger partial charge in [-0.1, -0.05) is 0 Å². The van der Waals surface area contributed by atoms with E-state index in [1.807, 2.05) is 0 Å². The summed E-state index contributed by atoms with van der Waals surface area (Å²) in [5.41, 5.74) is -0.567. The van der Waals surface area contributed by atoms with Crippen LogP contribution < -0.4 is 11.5 Å². The zero-order chi connectivity index (χ0) is 13.1. The summed E-state index contributed by atoms with van der Waals surface area (Å²) >= 11 is 0. The van der Waals surface area contributed by atoms with Gasteiger partial charge in [-0.25, -0.2) is 9.59 Å². The third-order valence-corrected chi connectivity index (χ3v) is 2.34. The summed E-state index contributed by atoms with van der Waals surface area (Å²) in [6, 6.07) is -0.608. The van der Waals surface area contributed by atoms with Crippen molar-refractivity contribution in [2.24, 2.45) is 0 Å². The van der Waals surface area contributed by atoms with E-state index in [0.29, 0.717) is 19.6 Å². The lowest BCUT2D eigenvalue weighted by Gasteiger charge is -2.35. The highest BCUT2D eigenvalue weighted by molar-refractivity contribution is 5.82. The van der Waals surface area contributed by atoms with Gasteiger partial charge in [-0.3, -0.25) is 4.90 Å². The molecule has 1 aliphatic heterocycles.